The summed E-state index contributed by atoms with van der Waals surface area (Å²) in [5.74, 6) is -3.95. The third-order valence-corrected chi connectivity index (χ3v) is 2.99. The molecule has 15 nitrogen and oxygen atoms in total. The van der Waals surface area contributed by atoms with Crippen LogP contribution >= 0.6 is 0 Å². The first-order valence-electron chi connectivity index (χ1n) is 6.91. The van der Waals surface area contributed by atoms with Crippen LogP contribution < -0.4 is 10.2 Å². The van der Waals surface area contributed by atoms with Gasteiger partial charge in [-0.1, -0.05) is 0 Å². The first-order chi connectivity index (χ1) is 11.8. The van der Waals surface area contributed by atoms with Crippen LogP contribution in [0.4, 0.5) is 0 Å². The number of hydrogen-bond donors (Lipinski definition) is 10. The Kier molecular flexibility index (Phi) is 20.8. The Balaban J connectivity index is -0.000000192. The van der Waals surface area contributed by atoms with E-state index >= 15 is 0 Å². The number of carbonyl (C=O) groups excluding carboxylic acids is 2. The average Bonchev–Trinajstić information content (AvgIpc) is 2.62. The molecule has 0 aliphatic heterocycles. The zero-order valence-electron chi connectivity index (χ0n) is 14.0. The fourth-order valence-corrected chi connectivity index (χ4v) is 1.32. The van der Waals surface area contributed by atoms with E-state index in [9.17, 15) is 19.8 Å². The molecule has 171 valence electrons. The van der Waals surface area contributed by atoms with E-state index in [4.69, 9.17) is 51.1 Å². The number of aliphatic hydroxyl groups is 10. The Bertz CT molecular complexity index is 386. The molecule has 16 heteroatoms. The van der Waals surface area contributed by atoms with Crippen molar-refractivity contribution in [2.24, 2.45) is 0 Å². The van der Waals surface area contributed by atoms with Crippen LogP contribution in [0.1, 0.15) is 0 Å². The SMILES string of the molecule is O.O=C([O-])C(O)C(O)C(O)C(O)CO.O=C([O-])C(O)C(O)C(O)C(O)CO.[Co+2]. The molecule has 0 fully saturated rings. The van der Waals surface area contributed by atoms with Crippen molar-refractivity contribution in [2.75, 3.05) is 13.2 Å². The summed E-state index contributed by atoms with van der Waals surface area (Å²) < 4.78 is 0. The number of rotatable bonds is 10. The minimum atomic E-state index is -2.31. The van der Waals surface area contributed by atoms with E-state index in [-0.39, 0.29) is 22.3 Å². The van der Waals surface area contributed by atoms with Crippen molar-refractivity contribution in [3.05, 3.63) is 0 Å². The third kappa shape index (κ3) is 11.8. The molecule has 0 amide bonds. The number of carboxylic acids is 2. The van der Waals surface area contributed by atoms with E-state index in [2.05, 4.69) is 0 Å². The molecule has 0 aliphatic carbocycles. The fraction of sp³-hybridized carbons (Fsp3) is 0.833. The van der Waals surface area contributed by atoms with Crippen LogP contribution in [0.2, 0.25) is 0 Å². The Hall–Kier alpha value is -0.994. The number of aliphatic hydroxyl groups excluding tert-OH is 10. The molecule has 0 heterocycles. The summed E-state index contributed by atoms with van der Waals surface area (Å²) in [7, 11) is 0. The number of hydrogen-bond acceptors (Lipinski definition) is 14. The van der Waals surface area contributed by atoms with E-state index in [0.29, 0.717) is 0 Å². The topological polar surface area (TPSA) is 314 Å². The van der Waals surface area contributed by atoms with Gasteiger partial charge in [0.1, 0.15) is 48.8 Å². The zero-order chi connectivity index (χ0) is 21.2. The van der Waals surface area contributed by atoms with Crippen LogP contribution in [0.3, 0.4) is 0 Å². The molecule has 8 unspecified atom stereocenters. The molecule has 28 heavy (non-hydrogen) atoms. The molecule has 0 aromatic carbocycles. The van der Waals surface area contributed by atoms with Crippen molar-refractivity contribution in [2.45, 2.75) is 48.8 Å². The largest absolute Gasteiger partial charge is 2.00 e. The molecular weight excluding hydrogens is 443 g/mol. The van der Waals surface area contributed by atoms with E-state index in [1.54, 1.807) is 0 Å². The maximum atomic E-state index is 9.98. The van der Waals surface area contributed by atoms with Crippen molar-refractivity contribution in [3.8, 4) is 0 Å². The van der Waals surface area contributed by atoms with Crippen LogP contribution in [0, 0.1) is 0 Å². The van der Waals surface area contributed by atoms with Crippen LogP contribution in [-0.4, -0.2) is 131 Å². The minimum Gasteiger partial charge on any atom is -0.547 e. The molecule has 0 aliphatic rings. The van der Waals surface area contributed by atoms with Crippen LogP contribution in [0.15, 0.2) is 0 Å². The maximum absolute atomic E-state index is 9.98. The molecule has 0 saturated heterocycles. The molecule has 0 spiro atoms. The van der Waals surface area contributed by atoms with Gasteiger partial charge >= 0.3 is 16.8 Å². The van der Waals surface area contributed by atoms with E-state index < -0.39 is 74.0 Å². The van der Waals surface area contributed by atoms with Gasteiger partial charge in [-0.2, -0.15) is 0 Å². The summed E-state index contributed by atoms with van der Waals surface area (Å²) in [4.78, 5) is 20.0. The van der Waals surface area contributed by atoms with Crippen molar-refractivity contribution in [1.82, 2.24) is 0 Å². The van der Waals surface area contributed by atoms with Crippen molar-refractivity contribution in [1.29, 1.82) is 0 Å². The van der Waals surface area contributed by atoms with Gasteiger partial charge in [-0.25, -0.2) is 0 Å². The second-order valence-electron chi connectivity index (χ2n) is 4.99. The molecule has 0 aromatic heterocycles. The minimum absolute atomic E-state index is 0. The smallest absolute Gasteiger partial charge is 0.547 e. The van der Waals surface area contributed by atoms with E-state index in [1.165, 1.54) is 0 Å². The van der Waals surface area contributed by atoms with Crippen molar-refractivity contribution < 1.29 is 93.1 Å². The molecule has 12 N–H and O–H groups in total. The Labute approximate surface area is 167 Å². The molecule has 0 bridgehead atoms. The van der Waals surface area contributed by atoms with Gasteiger partial charge in [0.25, 0.3) is 0 Å². The normalized spacial score (nSPS) is 18.9. The summed E-state index contributed by atoms with van der Waals surface area (Å²) in [6, 6.07) is 0. The summed E-state index contributed by atoms with van der Waals surface area (Å²) in [5, 5.41) is 107. The molecule has 0 aromatic rings. The second-order valence-corrected chi connectivity index (χ2v) is 4.99. The summed E-state index contributed by atoms with van der Waals surface area (Å²) >= 11 is 0. The standard InChI is InChI=1S/2C6H12O7.Co.H2O/c2*7-1-2(8)3(9)4(10)5(11)6(12)13;;/h2*2-5,7-11H,1H2,(H,12,13);;1H2/q;;+2;/p-2. The van der Waals surface area contributed by atoms with Gasteiger partial charge in [0.15, 0.2) is 0 Å². The summed E-state index contributed by atoms with van der Waals surface area (Å²) in [6.45, 7) is -1.73. The number of carbonyl (C=O) groups is 2. The first-order valence-corrected chi connectivity index (χ1v) is 6.91. The maximum Gasteiger partial charge on any atom is 2.00 e. The predicted molar refractivity (Wildman–Crippen MR) is 75.9 cm³/mol. The van der Waals surface area contributed by atoms with Gasteiger partial charge in [-0.3, -0.25) is 0 Å². The molecule has 8 atom stereocenters. The van der Waals surface area contributed by atoms with E-state index in [0.717, 1.165) is 0 Å². The summed E-state index contributed by atoms with van der Waals surface area (Å²) in [5.41, 5.74) is 0. The average molecular weight is 467 g/mol. The van der Waals surface area contributed by atoms with E-state index in [1.807, 2.05) is 0 Å². The summed E-state index contributed by atoms with van der Waals surface area (Å²) in [6.07, 6.45) is -16.2. The fourth-order valence-electron chi connectivity index (χ4n) is 1.32. The Morgan fingerprint density at radius 3 is 0.964 bits per heavy atom. The van der Waals surface area contributed by atoms with Crippen molar-refractivity contribution >= 4 is 11.9 Å². The van der Waals surface area contributed by atoms with Crippen LogP contribution in [0.5, 0.6) is 0 Å². The van der Waals surface area contributed by atoms with Gasteiger partial charge in [0.05, 0.1) is 25.2 Å². The molecule has 1 radical (unpaired) electrons. The number of carboxylic acid groups (broad SMARTS) is 2. The number of aliphatic carboxylic acids is 2. The van der Waals surface area contributed by atoms with Gasteiger partial charge in [-0.05, 0) is 0 Å². The van der Waals surface area contributed by atoms with Gasteiger partial charge in [-0.15, -0.1) is 0 Å². The van der Waals surface area contributed by atoms with Crippen LogP contribution in [0.25, 0.3) is 0 Å². The Morgan fingerprint density at radius 2 is 0.821 bits per heavy atom. The Morgan fingerprint density at radius 1 is 0.607 bits per heavy atom. The molecule has 0 saturated carbocycles. The van der Waals surface area contributed by atoms with Gasteiger partial charge in [0, 0.05) is 0 Å². The molecular formula is C12H24CoO15. The molecule has 0 rings (SSSR count). The third-order valence-electron chi connectivity index (χ3n) is 2.99. The second kappa shape index (κ2) is 16.9. The monoisotopic (exact) mass is 467 g/mol. The van der Waals surface area contributed by atoms with Gasteiger partial charge in [0.2, 0.25) is 0 Å². The van der Waals surface area contributed by atoms with Gasteiger partial charge < -0.3 is 76.3 Å². The van der Waals surface area contributed by atoms with Crippen LogP contribution in [-0.2, 0) is 26.4 Å². The zero-order valence-corrected chi connectivity index (χ0v) is 15.0. The first kappa shape index (κ1) is 34.5. The van der Waals surface area contributed by atoms with Crippen molar-refractivity contribution in [3.63, 3.8) is 0 Å². The quantitative estimate of drug-likeness (QED) is 0.143. The predicted octanol–water partition coefficient (Wildman–Crippen LogP) is -10.5.